The Morgan fingerprint density at radius 2 is 0.972 bits per heavy atom. The lowest BCUT2D eigenvalue weighted by atomic mass is 9.71. The fourth-order valence-corrected chi connectivity index (χ4v) is 14.7. The molecule has 4 aromatic carbocycles. The average Bonchev–Trinajstić information content (AvgIpc) is 1.06. The number of aryl methyl sites for hydroxylation is 2. The molecule has 4 aliphatic heterocycles. The summed E-state index contributed by atoms with van der Waals surface area (Å²) in [6.45, 7) is 24.1. The molecule has 0 radical (unpaired) electrons. The number of methoxy groups -OCH3 is 1. The van der Waals surface area contributed by atoms with Gasteiger partial charge in [0, 0.05) is 137 Å². The summed E-state index contributed by atoms with van der Waals surface area (Å²) < 4.78 is 5.94. The lowest BCUT2D eigenvalue weighted by Gasteiger charge is -2.56. The molecule has 6 aromatic heterocycles. The molecule has 0 aliphatic carbocycles. The summed E-state index contributed by atoms with van der Waals surface area (Å²) in [6.07, 6.45) is 4.61. The third-order valence-corrected chi connectivity index (χ3v) is 21.8. The van der Waals surface area contributed by atoms with Crippen LogP contribution in [0.25, 0.3) is 0 Å². The minimum Gasteiger partial charge on any atom is -0.390 e. The van der Waals surface area contributed by atoms with E-state index in [1.807, 2.05) is 119 Å². The normalized spacial score (nSPS) is 15.0. The smallest absolute Gasteiger partial charge is 0.257 e. The van der Waals surface area contributed by atoms with E-state index in [1.165, 1.54) is 61.2 Å². The number of anilines is 12. The maximum absolute atomic E-state index is 12.6. The number of aromatic nitrogens is 12. The molecule has 0 saturated carbocycles. The summed E-state index contributed by atoms with van der Waals surface area (Å²) in [5.74, 6) is 6.20. The van der Waals surface area contributed by atoms with Gasteiger partial charge in [-0.2, -0.15) is 15.3 Å². The summed E-state index contributed by atoms with van der Waals surface area (Å²) in [5, 5.41) is 51.4. The Balaban J connectivity index is 0.000000348. The quantitative estimate of drug-likeness (QED) is 0.0251. The number of benzene rings is 4. The van der Waals surface area contributed by atoms with E-state index >= 15 is 0 Å². The largest absolute Gasteiger partial charge is 0.390 e. The number of H-pyrrole nitrogens is 3. The molecule has 27 nitrogen and oxygen atoms in total. The molecule has 0 bridgehead atoms. The predicted molar refractivity (Wildman–Crippen MR) is 438 cm³/mol. The Morgan fingerprint density at radius 3 is 1.36 bits per heavy atom. The van der Waals surface area contributed by atoms with E-state index in [1.54, 1.807) is 43.5 Å². The Kier molecular flexibility index (Phi) is 24.4. The monoisotopic (exact) mass is 1540 g/mol. The molecule has 14 rings (SSSR count). The highest BCUT2D eigenvalue weighted by Crippen LogP contribution is 2.44. The van der Waals surface area contributed by atoms with E-state index in [-0.39, 0.29) is 57.3 Å². The van der Waals surface area contributed by atoms with Gasteiger partial charge in [-0.25, -0.2) is 29.9 Å². The molecule has 4 aliphatic rings. The van der Waals surface area contributed by atoms with Crippen molar-refractivity contribution in [2.75, 3.05) is 106 Å². The van der Waals surface area contributed by atoms with Crippen LogP contribution in [0.1, 0.15) is 112 Å². The van der Waals surface area contributed by atoms with Gasteiger partial charge in [0.15, 0.2) is 32.9 Å². The van der Waals surface area contributed by atoms with Crippen LogP contribution >= 0.6 is 58.5 Å². The number of nitrogens with zero attached hydrogens (tertiary/aromatic N) is 13. The number of nitrogens with one attached hydrogen (secondary N) is 9. The Hall–Kier alpha value is -9.53. The molecule has 32 heteroatoms. The molecule has 3 amide bonds. The highest BCUT2D eigenvalue weighted by atomic mass is 35.5. The second kappa shape index (κ2) is 33.9. The number of amides is 3. The van der Waals surface area contributed by atoms with E-state index < -0.39 is 0 Å². The van der Waals surface area contributed by atoms with Crippen LogP contribution in [0, 0.1) is 19.3 Å². The van der Waals surface area contributed by atoms with Gasteiger partial charge in [0.25, 0.3) is 5.91 Å². The van der Waals surface area contributed by atoms with Gasteiger partial charge in [0.1, 0.15) is 40.5 Å². The number of likely N-dealkylation sites (tertiary alicyclic amines) is 1. The van der Waals surface area contributed by atoms with Gasteiger partial charge in [0.2, 0.25) is 11.8 Å². The Labute approximate surface area is 650 Å². The highest BCUT2D eigenvalue weighted by Gasteiger charge is 2.52. The molecular formula is C74H102Cl2N22O5S3. The molecule has 10 aromatic rings. The fourth-order valence-electron chi connectivity index (χ4n) is 12.0. The van der Waals surface area contributed by atoms with Crippen molar-refractivity contribution < 1.29 is 35.6 Å². The Bertz CT molecular complexity index is 4730. The average molecular weight is 1550 g/mol. The van der Waals surface area contributed by atoms with Crippen LogP contribution in [0.4, 0.5) is 69.4 Å². The summed E-state index contributed by atoms with van der Waals surface area (Å²) in [4.78, 5) is 76.7. The number of halogens is 2. The van der Waals surface area contributed by atoms with Gasteiger partial charge in [-0.05, 0) is 179 Å². The molecule has 0 unspecified atom stereocenters. The SMILES string of the molecule is CCC(=O)Nc1ccc(Sc2nc(Nc3cc(C)[nH]n3)cc(N3CC(C)(N4CCCC4)C3)n2)cc1.CCC(=O)Nc1ccc(Sc2nc(Nc3cc(C)[nH]n3)cc(N3CC(OC)(C(C)(C)C)C3)n2)cc1.O=C(Nc1ccc(Sc2nc(Nc3cc(CO)[nH]n3)cc(N3CCC3)n2)cc1)c1cccc(Cl)c1Cl.[HH].[HH].[HH].[HH].[HH].[HH].[HH].[HH]. The summed E-state index contributed by atoms with van der Waals surface area (Å²) in [5.41, 5.74) is 5.02. The molecule has 4 fully saturated rings. The van der Waals surface area contributed by atoms with Gasteiger partial charge in [0.05, 0.1) is 46.5 Å². The van der Waals surface area contributed by atoms with E-state index in [0.717, 1.165) is 106 Å². The highest BCUT2D eigenvalue weighted by molar-refractivity contribution is 7.99. The zero-order chi connectivity index (χ0) is 74.7. The topological polar surface area (TPSA) is 329 Å². The molecule has 570 valence electrons. The van der Waals surface area contributed by atoms with Crippen molar-refractivity contribution in [1.82, 2.24) is 65.4 Å². The third kappa shape index (κ3) is 19.4. The van der Waals surface area contributed by atoms with Gasteiger partial charge >= 0.3 is 0 Å². The van der Waals surface area contributed by atoms with Gasteiger partial charge in [-0.3, -0.25) is 34.6 Å². The minimum absolute atomic E-state index is 0. The van der Waals surface area contributed by atoms with Crippen molar-refractivity contribution in [3.63, 3.8) is 0 Å². The number of aliphatic hydroxyl groups is 1. The zero-order valence-electron chi connectivity index (χ0n) is 60.4. The van der Waals surface area contributed by atoms with Gasteiger partial charge in [-0.15, -0.1) is 0 Å². The van der Waals surface area contributed by atoms with Crippen molar-refractivity contribution in [2.24, 2.45) is 5.41 Å². The van der Waals surface area contributed by atoms with Gasteiger partial charge < -0.3 is 56.4 Å². The first-order valence-electron chi connectivity index (χ1n) is 34.9. The first kappa shape index (κ1) is 76.1. The first-order valence-corrected chi connectivity index (χ1v) is 38.1. The number of hydrogen-bond acceptors (Lipinski definition) is 24. The number of hydrogen-bond donors (Lipinski definition) is 10. The molecule has 4 saturated heterocycles. The van der Waals surface area contributed by atoms with Crippen LogP contribution in [0.2, 0.25) is 10.0 Å². The zero-order valence-corrected chi connectivity index (χ0v) is 64.4. The van der Waals surface area contributed by atoms with E-state index in [4.69, 9.17) is 52.9 Å². The van der Waals surface area contributed by atoms with Crippen molar-refractivity contribution in [1.29, 1.82) is 0 Å². The second-order valence-corrected chi connectivity index (χ2v) is 31.2. The van der Waals surface area contributed by atoms with Crippen LogP contribution in [0.15, 0.2) is 158 Å². The van der Waals surface area contributed by atoms with Crippen molar-refractivity contribution in [3.8, 4) is 0 Å². The molecule has 106 heavy (non-hydrogen) atoms. The maximum atomic E-state index is 12.6. The van der Waals surface area contributed by atoms with Crippen molar-refractivity contribution in [2.45, 2.75) is 135 Å². The lowest BCUT2D eigenvalue weighted by Crippen LogP contribution is -2.69. The molecular weight excluding hydrogens is 1440 g/mol. The second-order valence-electron chi connectivity index (χ2n) is 27.3. The van der Waals surface area contributed by atoms with Crippen LogP contribution in [0.5, 0.6) is 0 Å². The van der Waals surface area contributed by atoms with E-state index in [0.29, 0.717) is 79.4 Å². The van der Waals surface area contributed by atoms with Crippen LogP contribution in [0.3, 0.4) is 0 Å². The summed E-state index contributed by atoms with van der Waals surface area (Å²) >= 11 is 16.6. The lowest BCUT2D eigenvalue weighted by molar-refractivity contribution is -0.116. The maximum Gasteiger partial charge on any atom is 0.257 e. The van der Waals surface area contributed by atoms with Crippen LogP contribution in [-0.4, -0.2) is 159 Å². The standard InChI is InChI=1S/C25H32N8OS.C25H33N7O2S.C24H21Cl2N7O2S.8H2/c1-4-23(34)26-18-7-9-19(10-8-18)35-24-28-20(27-21-13-17(2)30-31-21)14-22(29-24)32-15-25(3,16-32)33-11-5-6-12-33;1-7-22(33)26-17-8-10-18(11-9-17)35-23-28-19(27-20-12-16(2)30-31-20)13-21(29-23)32-14-25(15-32,34-6)24(3,4)5;25-18-4-1-3-17(22(18)26)23(35)27-14-5-7-16(8-6-14)36-24-29-19(12-21(30-24)33-9-2-10-33)28-20-11-15(13-34)31-32-20;;;;;;;;/h7-10,13-14H,4-6,11-12,15-16H2,1-3H3,(H,26,34)(H2,27,28,29,30,31);8-13H,7,14-15H2,1-6H3,(H,26,33)(H2,27,28,29,30,31);1,3-8,11-12,34H,2,9-10,13H2,(H,27,35)(H2,28,29,30,31,32);8*1H. The van der Waals surface area contributed by atoms with Crippen molar-refractivity contribution >= 4 is 146 Å². The number of aromatic amines is 3. The Morgan fingerprint density at radius 1 is 0.547 bits per heavy atom. The number of rotatable bonds is 24. The fraction of sp³-hybridized carbons (Fsp3) is 0.351. The summed E-state index contributed by atoms with van der Waals surface area (Å²) in [7, 11) is 1.78. The first-order chi connectivity index (χ1) is 51.0. The number of carbonyl (C=O) groups is 3. The van der Waals surface area contributed by atoms with Crippen molar-refractivity contribution in [3.05, 3.63) is 160 Å². The third-order valence-electron chi connectivity index (χ3n) is 18.3. The van der Waals surface area contributed by atoms with Crippen LogP contribution < -0.4 is 46.6 Å². The number of aliphatic hydroxyl groups excluding tert-OH is 1. The molecule has 10 N–H and O–H groups in total. The van der Waals surface area contributed by atoms with E-state index in [2.05, 4.69) is 115 Å². The number of ether oxygens (including phenoxy) is 1. The number of carbonyl (C=O) groups excluding carboxylic acids is 3. The molecule has 0 spiro atoms. The summed E-state index contributed by atoms with van der Waals surface area (Å²) in [6, 6.07) is 39.2. The molecule has 0 atom stereocenters. The molecule has 10 heterocycles. The van der Waals surface area contributed by atoms with Gasteiger partial charge in [-0.1, -0.05) is 63.9 Å². The predicted octanol–water partition coefficient (Wildman–Crippen LogP) is 16.8. The minimum atomic E-state index is -0.341. The van der Waals surface area contributed by atoms with Crippen LogP contribution in [-0.2, 0) is 20.9 Å². The van der Waals surface area contributed by atoms with E-state index in [9.17, 15) is 19.5 Å².